The Bertz CT molecular complexity index is 432. The van der Waals surface area contributed by atoms with Gasteiger partial charge in [0.05, 0.1) is 12.2 Å². The van der Waals surface area contributed by atoms with Crippen LogP contribution in [0.4, 0.5) is 11.9 Å². The molecule has 0 saturated heterocycles. The first-order valence-corrected chi connectivity index (χ1v) is 6.86. The van der Waals surface area contributed by atoms with Gasteiger partial charge in [0.2, 0.25) is 11.9 Å². The van der Waals surface area contributed by atoms with Crippen LogP contribution >= 0.6 is 0 Å². The summed E-state index contributed by atoms with van der Waals surface area (Å²) in [7, 11) is 1.73. The maximum absolute atomic E-state index is 5.54. The summed E-state index contributed by atoms with van der Waals surface area (Å²) in [5.41, 5.74) is 2.31. The van der Waals surface area contributed by atoms with Crippen LogP contribution in [0, 0.1) is 0 Å². The zero-order valence-corrected chi connectivity index (χ0v) is 12.0. The second-order valence-electron chi connectivity index (χ2n) is 4.85. The van der Waals surface area contributed by atoms with Gasteiger partial charge in [0.1, 0.15) is 0 Å². The summed E-state index contributed by atoms with van der Waals surface area (Å²) >= 11 is 0. The summed E-state index contributed by atoms with van der Waals surface area (Å²) in [5.74, 6) is 6.06. The predicted octanol–water partition coefficient (Wildman–Crippen LogP) is 0.927. The van der Waals surface area contributed by atoms with Crippen LogP contribution in [0.5, 0.6) is 6.01 Å². The van der Waals surface area contributed by atoms with Crippen LogP contribution in [0.2, 0.25) is 0 Å². The first-order chi connectivity index (χ1) is 9.71. The van der Waals surface area contributed by atoms with Crippen molar-refractivity contribution in [1.82, 2.24) is 15.0 Å². The van der Waals surface area contributed by atoms with Gasteiger partial charge in [-0.05, 0) is 25.7 Å². The fraction of sp³-hybridized carbons (Fsp3) is 0.750. The van der Waals surface area contributed by atoms with E-state index in [-0.39, 0.29) is 17.6 Å². The number of anilines is 2. The molecule has 8 heteroatoms. The minimum Gasteiger partial charge on any atom is -0.463 e. The van der Waals surface area contributed by atoms with E-state index in [1.807, 2.05) is 6.92 Å². The van der Waals surface area contributed by atoms with Crippen molar-refractivity contribution in [2.45, 2.75) is 38.2 Å². The van der Waals surface area contributed by atoms with E-state index in [4.69, 9.17) is 15.3 Å². The fourth-order valence-corrected chi connectivity index (χ4v) is 2.02. The van der Waals surface area contributed by atoms with Gasteiger partial charge in [-0.15, -0.1) is 0 Å². The van der Waals surface area contributed by atoms with E-state index >= 15 is 0 Å². The van der Waals surface area contributed by atoms with E-state index in [0.717, 1.165) is 19.3 Å². The number of rotatable bonds is 8. The van der Waals surface area contributed by atoms with E-state index in [9.17, 15) is 0 Å². The van der Waals surface area contributed by atoms with Gasteiger partial charge < -0.3 is 14.8 Å². The smallest absolute Gasteiger partial charge is 0.323 e. The van der Waals surface area contributed by atoms with Crippen molar-refractivity contribution in [2.75, 3.05) is 31.0 Å². The van der Waals surface area contributed by atoms with Crippen molar-refractivity contribution in [3.8, 4) is 6.01 Å². The maximum atomic E-state index is 5.54. The molecular formula is C12H22N6O2. The molecule has 0 aromatic carbocycles. The van der Waals surface area contributed by atoms with Gasteiger partial charge >= 0.3 is 6.01 Å². The molecule has 4 N–H and O–H groups in total. The molecule has 20 heavy (non-hydrogen) atoms. The van der Waals surface area contributed by atoms with Gasteiger partial charge in [-0.3, -0.25) is 5.43 Å². The number of hydrogen-bond acceptors (Lipinski definition) is 8. The second-order valence-corrected chi connectivity index (χ2v) is 4.85. The Hall–Kier alpha value is -1.67. The van der Waals surface area contributed by atoms with Crippen LogP contribution in [-0.2, 0) is 4.74 Å². The van der Waals surface area contributed by atoms with Crippen molar-refractivity contribution in [1.29, 1.82) is 0 Å². The van der Waals surface area contributed by atoms with Gasteiger partial charge in [0.25, 0.3) is 0 Å². The van der Waals surface area contributed by atoms with Gasteiger partial charge in [0.15, 0.2) is 0 Å². The molecule has 1 saturated carbocycles. The second kappa shape index (κ2) is 6.67. The molecule has 0 bridgehead atoms. The normalized spacial score (nSPS) is 16.4. The summed E-state index contributed by atoms with van der Waals surface area (Å²) in [6, 6.07) is 0.261. The molecule has 112 valence electrons. The zero-order valence-electron chi connectivity index (χ0n) is 12.0. The molecule has 0 aliphatic heterocycles. The molecule has 0 unspecified atom stereocenters. The van der Waals surface area contributed by atoms with Crippen molar-refractivity contribution in [3.63, 3.8) is 0 Å². The van der Waals surface area contributed by atoms with Gasteiger partial charge in [-0.25, -0.2) is 5.84 Å². The quantitative estimate of drug-likeness (QED) is 0.477. The molecule has 0 spiro atoms. The number of nitrogens with one attached hydrogen (secondary N) is 2. The minimum atomic E-state index is -0.104. The summed E-state index contributed by atoms with van der Waals surface area (Å²) in [4.78, 5) is 12.4. The Morgan fingerprint density at radius 3 is 2.55 bits per heavy atom. The first kappa shape index (κ1) is 14.7. The largest absolute Gasteiger partial charge is 0.463 e. The third-order valence-corrected chi connectivity index (χ3v) is 3.45. The van der Waals surface area contributed by atoms with Crippen molar-refractivity contribution in [3.05, 3.63) is 0 Å². The number of nitrogen functional groups attached to an aromatic ring is 1. The molecule has 0 amide bonds. The van der Waals surface area contributed by atoms with Crippen LogP contribution < -0.4 is 21.3 Å². The van der Waals surface area contributed by atoms with E-state index in [2.05, 4.69) is 25.7 Å². The van der Waals surface area contributed by atoms with Crippen molar-refractivity contribution >= 4 is 11.9 Å². The topological polar surface area (TPSA) is 107 Å². The Balaban J connectivity index is 2.02. The molecule has 0 atom stereocenters. The van der Waals surface area contributed by atoms with Crippen LogP contribution in [-0.4, -0.2) is 40.8 Å². The molecule has 1 fully saturated rings. The minimum absolute atomic E-state index is 0.104. The predicted molar refractivity (Wildman–Crippen MR) is 75.5 cm³/mol. The highest BCUT2D eigenvalue weighted by Crippen LogP contribution is 2.34. The average Bonchev–Trinajstić information content (AvgIpc) is 2.44. The molecule has 0 radical (unpaired) electrons. The van der Waals surface area contributed by atoms with Crippen molar-refractivity contribution in [2.24, 2.45) is 5.84 Å². The maximum Gasteiger partial charge on any atom is 0.323 e. The van der Waals surface area contributed by atoms with Crippen LogP contribution in [0.15, 0.2) is 0 Å². The van der Waals surface area contributed by atoms with Gasteiger partial charge in [0, 0.05) is 13.7 Å². The lowest BCUT2D eigenvalue weighted by atomic mass is 9.80. The van der Waals surface area contributed by atoms with E-state index in [0.29, 0.717) is 19.1 Å². The summed E-state index contributed by atoms with van der Waals surface area (Å²) in [6.07, 6.45) is 4.16. The number of nitrogens with zero attached hydrogens (tertiary/aromatic N) is 3. The van der Waals surface area contributed by atoms with E-state index < -0.39 is 0 Å². The number of aromatic nitrogens is 3. The SMILES string of the molecule is CCCOc1nc(NN)nc(NCC2(OC)CCC2)n1. The number of hydrogen-bond donors (Lipinski definition) is 3. The van der Waals surface area contributed by atoms with Crippen LogP contribution in [0.1, 0.15) is 32.6 Å². The molecule has 8 nitrogen and oxygen atoms in total. The fourth-order valence-electron chi connectivity index (χ4n) is 2.02. The number of methoxy groups -OCH3 is 1. The Morgan fingerprint density at radius 2 is 2.00 bits per heavy atom. The monoisotopic (exact) mass is 282 g/mol. The number of nitrogens with two attached hydrogens (primary N) is 1. The molecule has 1 aromatic rings. The lowest BCUT2D eigenvalue weighted by Crippen LogP contribution is -2.45. The van der Waals surface area contributed by atoms with Crippen LogP contribution in [0.25, 0.3) is 0 Å². The number of ether oxygens (including phenoxy) is 2. The number of hydrazine groups is 1. The molecule has 2 rings (SSSR count). The van der Waals surface area contributed by atoms with E-state index in [1.165, 1.54) is 6.42 Å². The molecule has 1 aliphatic rings. The first-order valence-electron chi connectivity index (χ1n) is 6.86. The average molecular weight is 282 g/mol. The zero-order chi connectivity index (χ0) is 14.4. The molecule has 1 heterocycles. The Kier molecular flexibility index (Phi) is 4.91. The van der Waals surface area contributed by atoms with E-state index in [1.54, 1.807) is 7.11 Å². The van der Waals surface area contributed by atoms with Gasteiger partial charge in [-0.2, -0.15) is 15.0 Å². The highest BCUT2D eigenvalue weighted by molar-refractivity contribution is 5.35. The third-order valence-electron chi connectivity index (χ3n) is 3.45. The molecule has 1 aliphatic carbocycles. The van der Waals surface area contributed by atoms with Gasteiger partial charge in [-0.1, -0.05) is 6.92 Å². The molecular weight excluding hydrogens is 260 g/mol. The lowest BCUT2D eigenvalue weighted by molar-refractivity contribution is -0.0602. The Labute approximate surface area is 118 Å². The van der Waals surface area contributed by atoms with Crippen molar-refractivity contribution < 1.29 is 9.47 Å². The summed E-state index contributed by atoms with van der Waals surface area (Å²) < 4.78 is 10.9. The third kappa shape index (κ3) is 3.45. The highest BCUT2D eigenvalue weighted by Gasteiger charge is 2.36. The highest BCUT2D eigenvalue weighted by atomic mass is 16.5. The summed E-state index contributed by atoms with van der Waals surface area (Å²) in [6.45, 7) is 3.22. The standard InChI is InChI=1S/C12H22N6O2/c1-3-7-20-11-16-9(15-10(17-11)18-13)14-8-12(19-2)5-4-6-12/h3-8,13H2,1-2H3,(H2,14,15,16,17,18). The Morgan fingerprint density at radius 1 is 1.25 bits per heavy atom. The summed E-state index contributed by atoms with van der Waals surface area (Å²) in [5, 5.41) is 3.17. The van der Waals surface area contributed by atoms with Crippen LogP contribution in [0.3, 0.4) is 0 Å². The lowest BCUT2D eigenvalue weighted by Gasteiger charge is -2.40. The molecule has 1 aromatic heterocycles.